The van der Waals surface area contributed by atoms with Gasteiger partial charge in [0.2, 0.25) is 0 Å². The van der Waals surface area contributed by atoms with Crippen LogP contribution in [0.4, 0.5) is 0 Å². The van der Waals surface area contributed by atoms with Crippen molar-refractivity contribution in [3.63, 3.8) is 0 Å². The molecule has 0 saturated heterocycles. The molecule has 0 atom stereocenters. The number of rotatable bonds is 0. The second kappa shape index (κ2) is 2.63. The number of hydrogen-bond donors (Lipinski definition) is 0. The van der Waals surface area contributed by atoms with Gasteiger partial charge in [0.15, 0.2) is 11.5 Å². The number of carbonyl (C=O) groups excluding carboxylic acids is 1. The fourth-order valence-corrected chi connectivity index (χ4v) is 1.61. The van der Waals surface area contributed by atoms with E-state index in [1.165, 1.54) is 12.1 Å². The highest BCUT2D eigenvalue weighted by Crippen LogP contribution is 2.24. The lowest BCUT2D eigenvalue weighted by Gasteiger charge is -2.13. The van der Waals surface area contributed by atoms with Crippen molar-refractivity contribution in [2.75, 3.05) is 0 Å². The molecule has 2 heteroatoms. The Morgan fingerprint density at radius 3 is 2.83 bits per heavy atom. The third-order valence-electron chi connectivity index (χ3n) is 2.23. The van der Waals surface area contributed by atoms with Crippen LogP contribution in [0.15, 0.2) is 18.2 Å². The number of ketones is 1. The number of Topliss-reactive ketones (excluding diaryl/α,β-unsaturated/α-hetero) is 1. The van der Waals surface area contributed by atoms with Crippen LogP contribution in [0.1, 0.15) is 28.8 Å². The minimum atomic E-state index is -0.0657. The summed E-state index contributed by atoms with van der Waals surface area (Å²) >= 11 is 0. The van der Waals surface area contributed by atoms with Crippen LogP contribution in [0.25, 0.3) is 0 Å². The molecule has 1 radical (unpaired) electrons. The Bertz CT molecular complexity index is 329. The first-order chi connectivity index (χ1) is 5.77. The van der Waals surface area contributed by atoms with Crippen molar-refractivity contribution < 1.29 is 9.90 Å². The Hall–Kier alpha value is -1.31. The smallest absolute Gasteiger partial charge is 0.179 e. The molecule has 1 aromatic rings. The molecule has 12 heavy (non-hydrogen) atoms. The van der Waals surface area contributed by atoms with Crippen LogP contribution in [-0.2, 0) is 11.5 Å². The summed E-state index contributed by atoms with van der Waals surface area (Å²) in [5.41, 5.74) is 1.68. The summed E-state index contributed by atoms with van der Waals surface area (Å²) in [5, 5.41) is 10.9. The maximum absolute atomic E-state index is 11.3. The van der Waals surface area contributed by atoms with Crippen molar-refractivity contribution in [1.29, 1.82) is 0 Å². The second-order valence-electron chi connectivity index (χ2n) is 3.10. The first-order valence-electron chi connectivity index (χ1n) is 4.10. The van der Waals surface area contributed by atoms with Crippen LogP contribution >= 0.6 is 0 Å². The fourth-order valence-electron chi connectivity index (χ4n) is 1.61. The molecule has 2 nitrogen and oxygen atoms in total. The molecule has 0 unspecified atom stereocenters. The highest BCUT2D eigenvalue weighted by atomic mass is 16.3. The number of hydrogen-bond acceptors (Lipinski definition) is 1. The predicted molar refractivity (Wildman–Crippen MR) is 43.8 cm³/mol. The van der Waals surface area contributed by atoms with Crippen molar-refractivity contribution >= 4 is 5.78 Å². The van der Waals surface area contributed by atoms with Crippen LogP contribution in [-0.4, -0.2) is 5.78 Å². The number of fused-ring (bicyclic) bond motifs is 1. The Morgan fingerprint density at radius 1 is 1.17 bits per heavy atom. The molecule has 61 valence electrons. The molecule has 0 fully saturated rings. The third kappa shape index (κ3) is 1.09. The van der Waals surface area contributed by atoms with Crippen LogP contribution in [0.3, 0.4) is 0 Å². The molecule has 0 heterocycles. The van der Waals surface area contributed by atoms with Gasteiger partial charge in [-0.25, -0.2) is 0 Å². The summed E-state index contributed by atoms with van der Waals surface area (Å²) in [6, 6.07) is 4.75. The molecule has 0 spiro atoms. The van der Waals surface area contributed by atoms with E-state index in [2.05, 4.69) is 0 Å². The molecular formula is C10H9O2. The van der Waals surface area contributed by atoms with E-state index >= 15 is 0 Å². The predicted octanol–water partition coefficient (Wildman–Crippen LogP) is 2.35. The third-order valence-corrected chi connectivity index (χ3v) is 2.23. The molecule has 0 amide bonds. The van der Waals surface area contributed by atoms with E-state index < -0.39 is 0 Å². The molecule has 0 aromatic heterocycles. The zero-order chi connectivity index (χ0) is 8.55. The van der Waals surface area contributed by atoms with Gasteiger partial charge in [0, 0.05) is 12.0 Å². The summed E-state index contributed by atoms with van der Waals surface area (Å²) in [6.07, 6.45) is 2.45. The van der Waals surface area contributed by atoms with Gasteiger partial charge < -0.3 is 0 Å². The molecule has 0 bridgehead atoms. The molecule has 0 N–H and O–H groups in total. The Kier molecular flexibility index (Phi) is 1.61. The van der Waals surface area contributed by atoms with E-state index in [0.717, 1.165) is 18.4 Å². The van der Waals surface area contributed by atoms with Crippen molar-refractivity contribution in [2.24, 2.45) is 0 Å². The van der Waals surface area contributed by atoms with Gasteiger partial charge >= 0.3 is 0 Å². The van der Waals surface area contributed by atoms with Gasteiger partial charge in [-0.2, -0.15) is 0 Å². The maximum Gasteiger partial charge on any atom is 0.179 e. The molecule has 1 aliphatic carbocycles. The summed E-state index contributed by atoms with van der Waals surface area (Å²) < 4.78 is 0. The van der Waals surface area contributed by atoms with Crippen LogP contribution in [0.5, 0.6) is 5.75 Å². The largest absolute Gasteiger partial charge is 0.294 e. The van der Waals surface area contributed by atoms with Crippen LogP contribution < -0.4 is 0 Å². The number of carbonyl (C=O) groups is 1. The normalized spacial score (nSPS) is 15.8. The standard InChI is InChI=1S/C10H9O2/c11-8-5-4-7-2-1-3-10(12)9(7)6-8/h4-6H,1-3H2. The molecule has 0 aliphatic heterocycles. The zero-order valence-electron chi connectivity index (χ0n) is 6.67. The van der Waals surface area contributed by atoms with Crippen molar-refractivity contribution in [3.8, 4) is 5.75 Å². The van der Waals surface area contributed by atoms with E-state index in [0.29, 0.717) is 12.0 Å². The first-order valence-corrected chi connectivity index (χ1v) is 4.10. The quantitative estimate of drug-likeness (QED) is 0.575. The van der Waals surface area contributed by atoms with Crippen LogP contribution in [0.2, 0.25) is 0 Å². The van der Waals surface area contributed by atoms with Gasteiger partial charge in [-0.15, -0.1) is 0 Å². The van der Waals surface area contributed by atoms with E-state index in [1.807, 2.05) is 0 Å². The molecule has 0 saturated carbocycles. The van der Waals surface area contributed by atoms with Gasteiger partial charge in [0.05, 0.1) is 0 Å². The Labute approximate surface area is 70.8 Å². The summed E-state index contributed by atoms with van der Waals surface area (Å²) in [7, 11) is 0. The summed E-state index contributed by atoms with van der Waals surface area (Å²) in [4.78, 5) is 11.3. The lowest BCUT2D eigenvalue weighted by atomic mass is 9.91. The second-order valence-corrected chi connectivity index (χ2v) is 3.10. The number of aryl methyl sites for hydroxylation is 1. The Morgan fingerprint density at radius 2 is 2.00 bits per heavy atom. The lowest BCUT2D eigenvalue weighted by molar-refractivity contribution is 0.0972. The van der Waals surface area contributed by atoms with E-state index in [-0.39, 0.29) is 11.5 Å². The minimum absolute atomic E-state index is 0.0657. The average Bonchev–Trinajstić information content (AvgIpc) is 2.07. The first kappa shape index (κ1) is 7.35. The molecule has 1 aliphatic rings. The van der Waals surface area contributed by atoms with E-state index in [1.54, 1.807) is 6.07 Å². The summed E-state index contributed by atoms with van der Waals surface area (Å²) in [6.45, 7) is 0. The molecular weight excluding hydrogens is 152 g/mol. The molecule has 2 rings (SSSR count). The SMILES string of the molecule is [O]c1ccc2c(c1)C(=O)CCC2. The highest BCUT2D eigenvalue weighted by Gasteiger charge is 2.17. The maximum atomic E-state index is 11.3. The van der Waals surface area contributed by atoms with Gasteiger partial charge in [-0.05, 0) is 30.5 Å². The van der Waals surface area contributed by atoms with Gasteiger partial charge in [0.25, 0.3) is 0 Å². The highest BCUT2D eigenvalue weighted by molar-refractivity contribution is 5.98. The van der Waals surface area contributed by atoms with Gasteiger partial charge in [-0.3, -0.25) is 9.90 Å². The van der Waals surface area contributed by atoms with E-state index in [4.69, 9.17) is 0 Å². The van der Waals surface area contributed by atoms with Crippen molar-refractivity contribution in [2.45, 2.75) is 19.3 Å². The Balaban J connectivity index is 2.54. The van der Waals surface area contributed by atoms with Gasteiger partial charge in [-0.1, -0.05) is 6.07 Å². The van der Waals surface area contributed by atoms with Crippen molar-refractivity contribution in [3.05, 3.63) is 29.3 Å². The number of benzene rings is 1. The minimum Gasteiger partial charge on any atom is -0.294 e. The van der Waals surface area contributed by atoms with Gasteiger partial charge in [0.1, 0.15) is 0 Å². The van der Waals surface area contributed by atoms with Crippen molar-refractivity contribution in [1.82, 2.24) is 0 Å². The average molecular weight is 161 g/mol. The lowest BCUT2D eigenvalue weighted by Crippen LogP contribution is -2.09. The molecule has 1 aromatic carbocycles. The summed E-state index contributed by atoms with van der Waals surface area (Å²) in [5.74, 6) is 0.0537. The fraction of sp³-hybridized carbons (Fsp3) is 0.300. The zero-order valence-corrected chi connectivity index (χ0v) is 6.67. The van der Waals surface area contributed by atoms with Crippen LogP contribution in [0, 0.1) is 0 Å². The van der Waals surface area contributed by atoms with E-state index in [9.17, 15) is 9.90 Å². The monoisotopic (exact) mass is 161 g/mol. The topological polar surface area (TPSA) is 37.0 Å².